The normalized spacial score (nSPS) is 11.2. The van der Waals surface area contributed by atoms with Crippen molar-refractivity contribution in [3.8, 4) is 11.3 Å². The molecule has 0 unspecified atom stereocenters. The fourth-order valence-corrected chi connectivity index (χ4v) is 3.27. The van der Waals surface area contributed by atoms with Crippen molar-refractivity contribution < 1.29 is 0 Å². The minimum atomic E-state index is 0.350. The molecular formula is C21H13Cl3N4. The molecular weight excluding hydrogens is 415 g/mol. The quantitative estimate of drug-likeness (QED) is 0.291. The largest absolute Gasteiger partial charge is 0.245 e. The summed E-state index contributed by atoms with van der Waals surface area (Å²) in [5.74, 6) is 0.350. The molecule has 4 aromatic rings. The van der Waals surface area contributed by atoms with Crippen LogP contribution in [0.2, 0.25) is 15.1 Å². The molecule has 1 heterocycles. The maximum absolute atomic E-state index is 6.18. The van der Waals surface area contributed by atoms with Crippen LogP contribution in [0.5, 0.6) is 0 Å². The summed E-state index contributed by atoms with van der Waals surface area (Å²) in [6.45, 7) is 0. The molecule has 7 heteroatoms. The van der Waals surface area contributed by atoms with Gasteiger partial charge in [0, 0.05) is 21.5 Å². The minimum absolute atomic E-state index is 0.350. The van der Waals surface area contributed by atoms with E-state index >= 15 is 0 Å². The van der Waals surface area contributed by atoms with Crippen molar-refractivity contribution in [2.24, 2.45) is 5.10 Å². The summed E-state index contributed by atoms with van der Waals surface area (Å²) < 4.78 is 0. The van der Waals surface area contributed by atoms with Crippen LogP contribution in [0.15, 0.2) is 71.8 Å². The van der Waals surface area contributed by atoms with E-state index in [0.29, 0.717) is 26.6 Å². The van der Waals surface area contributed by atoms with Crippen LogP contribution in [-0.2, 0) is 0 Å². The number of fused-ring (bicyclic) bond motifs is 1. The van der Waals surface area contributed by atoms with E-state index in [1.807, 2.05) is 48.5 Å². The molecule has 0 aliphatic rings. The lowest BCUT2D eigenvalue weighted by atomic mass is 10.1. The van der Waals surface area contributed by atoms with Crippen LogP contribution in [0, 0.1) is 0 Å². The summed E-state index contributed by atoms with van der Waals surface area (Å²) >= 11 is 18.4. The Hall–Kier alpha value is -2.66. The summed E-state index contributed by atoms with van der Waals surface area (Å²) in [6, 6.07) is 20.8. The van der Waals surface area contributed by atoms with Gasteiger partial charge in [0.2, 0.25) is 5.95 Å². The zero-order valence-corrected chi connectivity index (χ0v) is 16.7. The van der Waals surface area contributed by atoms with Gasteiger partial charge in [0.1, 0.15) is 0 Å². The minimum Gasteiger partial charge on any atom is -0.245 e. The number of benzene rings is 3. The number of hydrogen-bond acceptors (Lipinski definition) is 4. The van der Waals surface area contributed by atoms with Gasteiger partial charge in [0.25, 0.3) is 0 Å². The highest BCUT2D eigenvalue weighted by Gasteiger charge is 2.10. The molecule has 0 saturated heterocycles. The fourth-order valence-electron chi connectivity index (χ4n) is 2.75. The van der Waals surface area contributed by atoms with Crippen molar-refractivity contribution in [3.63, 3.8) is 0 Å². The second-order valence-corrected chi connectivity index (χ2v) is 7.16. The predicted octanol–water partition coefficient (Wildman–Crippen LogP) is 6.70. The van der Waals surface area contributed by atoms with Gasteiger partial charge >= 0.3 is 0 Å². The Morgan fingerprint density at radius 1 is 0.857 bits per heavy atom. The third kappa shape index (κ3) is 3.94. The molecule has 0 fully saturated rings. The Labute approximate surface area is 176 Å². The topological polar surface area (TPSA) is 50.2 Å². The Morgan fingerprint density at radius 2 is 1.68 bits per heavy atom. The summed E-state index contributed by atoms with van der Waals surface area (Å²) in [4.78, 5) is 9.15. The second-order valence-electron chi connectivity index (χ2n) is 5.94. The van der Waals surface area contributed by atoms with Crippen LogP contribution >= 0.6 is 34.8 Å². The number of hydrogen-bond donors (Lipinski definition) is 1. The fraction of sp³-hybridized carbons (Fsp3) is 0. The maximum Gasteiger partial charge on any atom is 0.244 e. The summed E-state index contributed by atoms with van der Waals surface area (Å²) in [5.41, 5.74) is 6.04. The van der Waals surface area contributed by atoms with Crippen LogP contribution in [0.1, 0.15) is 5.56 Å². The first-order chi connectivity index (χ1) is 13.6. The number of halogens is 3. The van der Waals surface area contributed by atoms with Gasteiger partial charge in [-0.3, -0.25) is 0 Å². The van der Waals surface area contributed by atoms with Gasteiger partial charge in [-0.1, -0.05) is 77.3 Å². The molecule has 0 spiro atoms. The summed E-state index contributed by atoms with van der Waals surface area (Å²) in [6.07, 6.45) is 1.57. The highest BCUT2D eigenvalue weighted by Crippen LogP contribution is 2.29. The molecule has 0 atom stereocenters. The lowest BCUT2D eigenvalue weighted by Gasteiger charge is -2.09. The molecule has 1 aromatic heterocycles. The van der Waals surface area contributed by atoms with E-state index in [1.165, 1.54) is 0 Å². The molecule has 0 bridgehead atoms. The van der Waals surface area contributed by atoms with Gasteiger partial charge in [-0.2, -0.15) is 5.10 Å². The van der Waals surface area contributed by atoms with Crippen LogP contribution in [0.4, 0.5) is 5.95 Å². The summed E-state index contributed by atoms with van der Waals surface area (Å²) in [7, 11) is 0. The van der Waals surface area contributed by atoms with Gasteiger partial charge in [-0.25, -0.2) is 15.4 Å². The van der Waals surface area contributed by atoms with Crippen molar-refractivity contribution in [2.45, 2.75) is 0 Å². The van der Waals surface area contributed by atoms with Crippen LogP contribution < -0.4 is 5.43 Å². The summed E-state index contributed by atoms with van der Waals surface area (Å²) in [5, 5.41) is 6.61. The first-order valence-corrected chi connectivity index (χ1v) is 9.51. The first-order valence-electron chi connectivity index (χ1n) is 8.37. The standard InChI is InChI=1S/C21H13Cl3N4/c22-15-9-10-16-18(11-15)26-21(27-20(16)13-5-2-1-3-6-13)28-25-12-14-7-4-8-17(23)19(14)24/h1-12H,(H,26,27,28). The van der Waals surface area contributed by atoms with Crippen molar-refractivity contribution in [3.05, 3.63) is 87.4 Å². The molecule has 0 aliphatic heterocycles. The lowest BCUT2D eigenvalue weighted by molar-refractivity contribution is 1.16. The second kappa shape index (κ2) is 8.15. The third-order valence-corrected chi connectivity index (χ3v) is 5.12. The number of hydrazone groups is 1. The zero-order valence-electron chi connectivity index (χ0n) is 14.4. The van der Waals surface area contributed by atoms with Gasteiger partial charge in [0.05, 0.1) is 27.5 Å². The molecule has 0 radical (unpaired) electrons. The van der Waals surface area contributed by atoms with Gasteiger partial charge in [0.15, 0.2) is 0 Å². The Morgan fingerprint density at radius 3 is 2.50 bits per heavy atom. The third-order valence-electron chi connectivity index (χ3n) is 4.06. The van der Waals surface area contributed by atoms with E-state index in [1.54, 1.807) is 24.4 Å². The number of rotatable bonds is 4. The number of nitrogens with one attached hydrogen (secondary N) is 1. The van der Waals surface area contributed by atoms with Crippen molar-refractivity contribution in [1.29, 1.82) is 0 Å². The van der Waals surface area contributed by atoms with Crippen LogP contribution in [0.3, 0.4) is 0 Å². The van der Waals surface area contributed by atoms with Crippen LogP contribution in [0.25, 0.3) is 22.2 Å². The van der Waals surface area contributed by atoms with E-state index in [9.17, 15) is 0 Å². The average Bonchev–Trinajstić information content (AvgIpc) is 2.71. The number of aromatic nitrogens is 2. The molecule has 1 N–H and O–H groups in total. The van der Waals surface area contributed by atoms with E-state index in [-0.39, 0.29) is 0 Å². The highest BCUT2D eigenvalue weighted by atomic mass is 35.5. The smallest absolute Gasteiger partial charge is 0.244 e. The maximum atomic E-state index is 6.18. The number of anilines is 1. The molecule has 138 valence electrons. The van der Waals surface area contributed by atoms with E-state index in [0.717, 1.165) is 22.2 Å². The molecule has 0 saturated carbocycles. The number of nitrogens with zero attached hydrogens (tertiary/aromatic N) is 3. The van der Waals surface area contributed by atoms with Crippen molar-refractivity contribution in [2.75, 3.05) is 5.43 Å². The Bertz CT molecular complexity index is 1180. The molecule has 3 aromatic carbocycles. The SMILES string of the molecule is Clc1ccc2c(-c3ccccc3)nc(NN=Cc3cccc(Cl)c3Cl)nc2c1. The average molecular weight is 428 g/mol. The monoisotopic (exact) mass is 426 g/mol. The first kappa shape index (κ1) is 18.7. The van der Waals surface area contributed by atoms with Crippen LogP contribution in [-0.4, -0.2) is 16.2 Å². The molecule has 28 heavy (non-hydrogen) atoms. The predicted molar refractivity (Wildman–Crippen MR) is 118 cm³/mol. The van der Waals surface area contributed by atoms with Gasteiger partial charge < -0.3 is 0 Å². The van der Waals surface area contributed by atoms with Gasteiger partial charge in [-0.05, 0) is 24.3 Å². The molecule has 0 amide bonds. The van der Waals surface area contributed by atoms with Gasteiger partial charge in [-0.15, -0.1) is 0 Å². The van der Waals surface area contributed by atoms with E-state index in [2.05, 4.69) is 20.5 Å². The van der Waals surface area contributed by atoms with Crippen molar-refractivity contribution >= 4 is 57.9 Å². The Balaban J connectivity index is 1.73. The lowest BCUT2D eigenvalue weighted by Crippen LogP contribution is -2.00. The Kier molecular flexibility index (Phi) is 5.44. The van der Waals surface area contributed by atoms with Crippen molar-refractivity contribution in [1.82, 2.24) is 9.97 Å². The molecule has 4 nitrogen and oxygen atoms in total. The molecule has 4 rings (SSSR count). The zero-order chi connectivity index (χ0) is 19.5. The molecule has 0 aliphatic carbocycles. The van der Waals surface area contributed by atoms with E-state index in [4.69, 9.17) is 34.8 Å². The van der Waals surface area contributed by atoms with E-state index < -0.39 is 0 Å². The highest BCUT2D eigenvalue weighted by molar-refractivity contribution is 6.43.